The van der Waals surface area contributed by atoms with Crippen molar-refractivity contribution in [3.63, 3.8) is 0 Å². The van der Waals surface area contributed by atoms with Crippen molar-refractivity contribution < 1.29 is 23.1 Å². The Hall–Kier alpha value is -4.86. The van der Waals surface area contributed by atoms with Gasteiger partial charge in [0.2, 0.25) is 5.95 Å². The fourth-order valence-corrected chi connectivity index (χ4v) is 4.98. The Bertz CT molecular complexity index is 1780. The van der Waals surface area contributed by atoms with Gasteiger partial charge in [-0.15, -0.1) is 5.10 Å². The van der Waals surface area contributed by atoms with Crippen LogP contribution in [0.5, 0.6) is 0 Å². The zero-order valence-electron chi connectivity index (χ0n) is 23.5. The molecule has 0 radical (unpaired) electrons. The number of ether oxygens (including phenoxy) is 1. The number of anilines is 1. The van der Waals surface area contributed by atoms with Crippen LogP contribution in [0.4, 0.5) is 19.4 Å². The number of para-hydroxylation sites is 1. The van der Waals surface area contributed by atoms with Crippen LogP contribution >= 0.6 is 0 Å². The number of carbonyl (C=O) groups is 1. The first-order chi connectivity index (χ1) is 20.8. The Labute approximate surface area is 244 Å². The molecule has 5 heterocycles. The number of amides is 2. The molecule has 43 heavy (non-hydrogen) atoms. The molecular formula is C28H28F2N10O3. The highest BCUT2D eigenvalue weighted by Gasteiger charge is 2.37. The molecule has 2 amide bonds. The van der Waals surface area contributed by atoms with Gasteiger partial charge in [-0.25, -0.2) is 28.5 Å². The molecule has 5 aromatic rings. The summed E-state index contributed by atoms with van der Waals surface area (Å²) in [6.07, 6.45) is 2.06. The van der Waals surface area contributed by atoms with Crippen LogP contribution in [-0.4, -0.2) is 78.7 Å². The molecule has 0 unspecified atom stereocenters. The minimum absolute atomic E-state index is 0.270. The van der Waals surface area contributed by atoms with Gasteiger partial charge in [0.25, 0.3) is 0 Å². The maximum absolute atomic E-state index is 14.0. The molecule has 6 rings (SSSR count). The van der Waals surface area contributed by atoms with E-state index >= 15 is 0 Å². The number of benzene rings is 1. The Kier molecular flexibility index (Phi) is 7.75. The van der Waals surface area contributed by atoms with Gasteiger partial charge in [0.1, 0.15) is 17.4 Å². The van der Waals surface area contributed by atoms with Gasteiger partial charge in [0, 0.05) is 56.3 Å². The van der Waals surface area contributed by atoms with E-state index in [9.17, 15) is 13.6 Å². The molecule has 2 N–H and O–H groups in total. The predicted molar refractivity (Wildman–Crippen MR) is 151 cm³/mol. The number of rotatable bonds is 8. The minimum atomic E-state index is -1.21. The number of aromatic nitrogens is 7. The van der Waals surface area contributed by atoms with Crippen LogP contribution in [0, 0.1) is 18.7 Å². The summed E-state index contributed by atoms with van der Waals surface area (Å²) >= 11 is 0. The van der Waals surface area contributed by atoms with E-state index < -0.39 is 29.9 Å². The highest BCUT2D eigenvalue weighted by molar-refractivity contribution is 5.91. The fourth-order valence-electron chi connectivity index (χ4n) is 4.98. The number of nitrogens with one attached hydrogen (secondary N) is 2. The van der Waals surface area contributed by atoms with Gasteiger partial charge in [-0.1, -0.05) is 23.4 Å². The van der Waals surface area contributed by atoms with Gasteiger partial charge < -0.3 is 10.1 Å². The lowest BCUT2D eigenvalue weighted by Crippen LogP contribution is -2.42. The monoisotopic (exact) mass is 590 g/mol. The van der Waals surface area contributed by atoms with E-state index in [0.717, 1.165) is 11.8 Å². The summed E-state index contributed by atoms with van der Waals surface area (Å²) < 4.78 is 35.9. The standard InChI is InChI=1S/C28H28F2N10O3/c1-16-23(17-12-21-27(32-13-17)38(2)37-35-21)36-40(19-7-5-4-6-8-19)26(16)34-28(41)33-22-15-39(9-10-42-3)43-24(22)18-11-20(29)25(30)31-14-18/h4-8,11-14,22,24H,9-10,15H2,1-3H3,(H2,33,34,41)/t22-,24+/m1/s1. The maximum atomic E-state index is 14.0. The minimum Gasteiger partial charge on any atom is -0.383 e. The number of pyridine rings is 2. The van der Waals surface area contributed by atoms with E-state index in [4.69, 9.17) is 14.7 Å². The second-order valence-electron chi connectivity index (χ2n) is 10.0. The van der Waals surface area contributed by atoms with Crippen LogP contribution in [0.2, 0.25) is 0 Å². The van der Waals surface area contributed by atoms with Crippen molar-refractivity contribution in [3.8, 4) is 16.9 Å². The smallest absolute Gasteiger partial charge is 0.320 e. The van der Waals surface area contributed by atoms with E-state index in [0.29, 0.717) is 47.0 Å². The number of halogens is 2. The Balaban J connectivity index is 1.30. The van der Waals surface area contributed by atoms with E-state index in [2.05, 4.69) is 30.9 Å². The first-order valence-corrected chi connectivity index (χ1v) is 13.4. The molecule has 1 aliphatic heterocycles. The maximum Gasteiger partial charge on any atom is 0.320 e. The molecule has 1 aliphatic rings. The van der Waals surface area contributed by atoms with Crippen molar-refractivity contribution in [1.29, 1.82) is 0 Å². The van der Waals surface area contributed by atoms with Crippen molar-refractivity contribution in [2.45, 2.75) is 19.1 Å². The Morgan fingerprint density at radius 3 is 2.74 bits per heavy atom. The van der Waals surface area contributed by atoms with E-state index in [1.165, 1.54) is 6.20 Å². The number of hydrogen-bond acceptors (Lipinski definition) is 9. The number of nitrogens with zero attached hydrogens (tertiary/aromatic N) is 8. The summed E-state index contributed by atoms with van der Waals surface area (Å²) in [5, 5.41) is 20.5. The molecule has 13 nitrogen and oxygen atoms in total. The van der Waals surface area contributed by atoms with Crippen LogP contribution in [0.3, 0.4) is 0 Å². The van der Waals surface area contributed by atoms with Crippen LogP contribution in [0.1, 0.15) is 17.2 Å². The molecule has 1 aromatic carbocycles. The molecule has 222 valence electrons. The first kappa shape index (κ1) is 28.3. The van der Waals surface area contributed by atoms with Crippen molar-refractivity contribution >= 4 is 23.0 Å². The van der Waals surface area contributed by atoms with Crippen LogP contribution in [0.15, 0.2) is 54.9 Å². The quantitative estimate of drug-likeness (QED) is 0.261. The molecule has 0 bridgehead atoms. The zero-order chi connectivity index (χ0) is 30.1. The van der Waals surface area contributed by atoms with Crippen molar-refractivity contribution in [2.24, 2.45) is 7.05 Å². The number of carbonyl (C=O) groups excluding carboxylic acids is 1. The lowest BCUT2D eigenvalue weighted by molar-refractivity contribution is -0.154. The van der Waals surface area contributed by atoms with Gasteiger partial charge >= 0.3 is 6.03 Å². The van der Waals surface area contributed by atoms with Gasteiger partial charge in [0.15, 0.2) is 11.5 Å². The number of methoxy groups -OCH3 is 1. The van der Waals surface area contributed by atoms with Crippen molar-refractivity contribution in [3.05, 3.63) is 77.8 Å². The number of hydroxylamine groups is 2. The SMILES string of the molecule is COCCN1C[C@@H](NC(=O)Nc2c(C)c(-c3cnc4c(c3)nnn4C)nn2-c2ccccc2)[C@H](c2cnc(F)c(F)c2)O1. The van der Waals surface area contributed by atoms with Crippen LogP contribution < -0.4 is 10.6 Å². The highest BCUT2D eigenvalue weighted by atomic mass is 19.2. The molecule has 15 heteroatoms. The van der Waals surface area contributed by atoms with E-state index in [1.807, 2.05) is 43.3 Å². The first-order valence-electron chi connectivity index (χ1n) is 13.4. The molecule has 1 saturated heterocycles. The topological polar surface area (TPSA) is 137 Å². The summed E-state index contributed by atoms with van der Waals surface area (Å²) in [6, 6.07) is 11.0. The third-order valence-electron chi connectivity index (χ3n) is 7.10. The summed E-state index contributed by atoms with van der Waals surface area (Å²) in [7, 11) is 3.32. The number of aryl methyl sites for hydroxylation is 1. The Morgan fingerprint density at radius 2 is 1.98 bits per heavy atom. The number of hydrogen-bond donors (Lipinski definition) is 2. The van der Waals surface area contributed by atoms with Crippen molar-refractivity contribution in [2.75, 3.05) is 32.1 Å². The average molecular weight is 591 g/mol. The van der Waals surface area contributed by atoms with Gasteiger partial charge in [-0.2, -0.15) is 14.6 Å². The van der Waals surface area contributed by atoms with Crippen LogP contribution in [-0.2, 0) is 16.6 Å². The predicted octanol–water partition coefficient (Wildman–Crippen LogP) is 3.32. The zero-order valence-corrected chi connectivity index (χ0v) is 23.5. The molecule has 2 atom stereocenters. The van der Waals surface area contributed by atoms with Gasteiger partial charge in [0.05, 0.1) is 24.0 Å². The molecule has 0 spiro atoms. The fraction of sp³-hybridized carbons (Fsp3) is 0.286. The van der Waals surface area contributed by atoms with Gasteiger partial charge in [-0.3, -0.25) is 10.2 Å². The second-order valence-corrected chi connectivity index (χ2v) is 10.0. The summed E-state index contributed by atoms with van der Waals surface area (Å²) in [4.78, 5) is 27.4. The second kappa shape index (κ2) is 11.8. The number of fused-ring (bicyclic) bond motifs is 1. The molecule has 0 aliphatic carbocycles. The third-order valence-corrected chi connectivity index (χ3v) is 7.10. The van der Waals surface area contributed by atoms with Crippen LogP contribution in [0.25, 0.3) is 28.1 Å². The Morgan fingerprint density at radius 1 is 1.16 bits per heavy atom. The lowest BCUT2D eigenvalue weighted by atomic mass is 10.0. The molecule has 1 fully saturated rings. The molecule has 4 aromatic heterocycles. The van der Waals surface area contributed by atoms with Gasteiger partial charge in [-0.05, 0) is 31.2 Å². The lowest BCUT2D eigenvalue weighted by Gasteiger charge is -2.19. The summed E-state index contributed by atoms with van der Waals surface area (Å²) in [6.45, 7) is 2.89. The largest absolute Gasteiger partial charge is 0.383 e. The normalized spacial score (nSPS) is 17.0. The van der Waals surface area contributed by atoms with E-state index in [1.54, 1.807) is 34.8 Å². The summed E-state index contributed by atoms with van der Waals surface area (Å²) in [5.74, 6) is -1.89. The third kappa shape index (κ3) is 5.64. The summed E-state index contributed by atoms with van der Waals surface area (Å²) in [5.41, 5.74) is 4.23. The van der Waals surface area contributed by atoms with E-state index in [-0.39, 0.29) is 12.1 Å². The number of urea groups is 1. The van der Waals surface area contributed by atoms with Crippen molar-refractivity contribution in [1.82, 2.24) is 45.1 Å². The average Bonchev–Trinajstić information content (AvgIpc) is 3.69. The molecule has 0 saturated carbocycles. The molecular weight excluding hydrogens is 562 g/mol. The highest BCUT2D eigenvalue weighted by Crippen LogP contribution is 2.32.